The summed E-state index contributed by atoms with van der Waals surface area (Å²) in [6.45, 7) is 6.81. The Bertz CT molecular complexity index is 1370. The van der Waals surface area contributed by atoms with Crippen molar-refractivity contribution in [2.45, 2.75) is 13.3 Å². The SMILES string of the molecule is CCc1ccc(Cl)cc1-n1nc2c(c1N)c(=O)[nH]c1cc(OCCN3CCOCC3)ccc12. The van der Waals surface area contributed by atoms with Crippen molar-refractivity contribution >= 4 is 39.2 Å². The van der Waals surface area contributed by atoms with E-state index in [1.54, 1.807) is 4.68 Å². The molecule has 33 heavy (non-hydrogen) atoms. The van der Waals surface area contributed by atoms with Crippen molar-refractivity contribution in [2.24, 2.45) is 0 Å². The number of hydrogen-bond acceptors (Lipinski definition) is 6. The lowest BCUT2D eigenvalue weighted by Gasteiger charge is -2.26. The molecule has 0 saturated carbocycles. The van der Waals surface area contributed by atoms with Gasteiger partial charge in [-0.05, 0) is 36.2 Å². The van der Waals surface area contributed by atoms with Gasteiger partial charge in [-0.3, -0.25) is 9.69 Å². The van der Waals surface area contributed by atoms with Gasteiger partial charge >= 0.3 is 0 Å². The van der Waals surface area contributed by atoms with Crippen molar-refractivity contribution in [1.82, 2.24) is 19.7 Å². The number of benzene rings is 2. The maximum atomic E-state index is 12.9. The second kappa shape index (κ2) is 9.05. The average molecular weight is 468 g/mol. The Morgan fingerprint density at radius 2 is 2.03 bits per heavy atom. The van der Waals surface area contributed by atoms with Gasteiger partial charge in [0.2, 0.25) is 0 Å². The van der Waals surface area contributed by atoms with E-state index in [1.807, 2.05) is 36.4 Å². The van der Waals surface area contributed by atoms with E-state index in [4.69, 9.17) is 31.9 Å². The van der Waals surface area contributed by atoms with Crippen LogP contribution in [0.3, 0.4) is 0 Å². The maximum Gasteiger partial charge on any atom is 0.261 e. The summed E-state index contributed by atoms with van der Waals surface area (Å²) in [6.07, 6.45) is 0.782. The molecule has 2 aromatic heterocycles. The van der Waals surface area contributed by atoms with Gasteiger partial charge in [0, 0.05) is 36.1 Å². The smallest absolute Gasteiger partial charge is 0.261 e. The number of anilines is 1. The zero-order valence-electron chi connectivity index (χ0n) is 18.4. The van der Waals surface area contributed by atoms with Crippen LogP contribution in [0.4, 0.5) is 5.82 Å². The van der Waals surface area contributed by atoms with E-state index in [1.165, 1.54) is 0 Å². The van der Waals surface area contributed by atoms with Crippen molar-refractivity contribution in [1.29, 1.82) is 0 Å². The number of hydrogen-bond donors (Lipinski definition) is 2. The Labute approximate surface area is 195 Å². The number of nitrogens with one attached hydrogen (secondary N) is 1. The molecule has 3 heterocycles. The third-order valence-electron chi connectivity index (χ3n) is 6.08. The number of aromatic amines is 1. The first-order chi connectivity index (χ1) is 16.0. The number of halogens is 1. The van der Waals surface area contributed by atoms with Crippen molar-refractivity contribution in [3.8, 4) is 11.4 Å². The number of pyridine rings is 1. The molecule has 0 spiro atoms. The average Bonchev–Trinajstić information content (AvgIpc) is 3.17. The lowest BCUT2D eigenvalue weighted by molar-refractivity contribution is 0.0322. The predicted molar refractivity (Wildman–Crippen MR) is 131 cm³/mol. The number of nitrogen functional groups attached to an aromatic ring is 1. The number of morpholine rings is 1. The third-order valence-corrected chi connectivity index (χ3v) is 6.31. The molecular weight excluding hydrogens is 442 g/mol. The molecule has 9 heteroatoms. The molecule has 3 N–H and O–H groups in total. The summed E-state index contributed by atoms with van der Waals surface area (Å²) in [5.74, 6) is 0.984. The van der Waals surface area contributed by atoms with Crippen molar-refractivity contribution < 1.29 is 9.47 Å². The molecule has 1 saturated heterocycles. The molecule has 5 rings (SSSR count). The van der Waals surface area contributed by atoms with E-state index in [2.05, 4.69) is 16.8 Å². The Morgan fingerprint density at radius 1 is 1.21 bits per heavy atom. The minimum Gasteiger partial charge on any atom is -0.492 e. The molecule has 0 amide bonds. The van der Waals surface area contributed by atoms with Gasteiger partial charge in [0.15, 0.2) is 0 Å². The second-order valence-electron chi connectivity index (χ2n) is 8.11. The third kappa shape index (κ3) is 4.17. The highest BCUT2D eigenvalue weighted by Crippen LogP contribution is 2.30. The first kappa shape index (κ1) is 21.8. The van der Waals surface area contributed by atoms with E-state index >= 15 is 0 Å². The van der Waals surface area contributed by atoms with Gasteiger partial charge in [0.05, 0.1) is 24.4 Å². The van der Waals surface area contributed by atoms with Crippen LogP contribution in [0.5, 0.6) is 5.75 Å². The number of nitrogens with zero attached hydrogens (tertiary/aromatic N) is 3. The van der Waals surface area contributed by atoms with E-state index in [-0.39, 0.29) is 11.4 Å². The molecule has 4 aromatic rings. The fourth-order valence-corrected chi connectivity index (χ4v) is 4.45. The van der Waals surface area contributed by atoms with Crippen LogP contribution in [-0.2, 0) is 11.2 Å². The number of rotatable bonds is 6. The van der Waals surface area contributed by atoms with E-state index in [0.29, 0.717) is 33.8 Å². The number of H-pyrrole nitrogens is 1. The van der Waals surface area contributed by atoms with Crippen LogP contribution in [0.15, 0.2) is 41.2 Å². The molecule has 1 aliphatic rings. The molecular formula is C24H26ClN5O3. The topological polar surface area (TPSA) is 98.4 Å². The Kier molecular flexibility index (Phi) is 5.97. The second-order valence-corrected chi connectivity index (χ2v) is 8.55. The van der Waals surface area contributed by atoms with Crippen LogP contribution in [0.2, 0.25) is 5.02 Å². The minimum atomic E-state index is -0.285. The summed E-state index contributed by atoms with van der Waals surface area (Å²) in [5.41, 5.74) is 9.13. The summed E-state index contributed by atoms with van der Waals surface area (Å²) in [4.78, 5) is 18.2. The molecule has 0 bridgehead atoms. The van der Waals surface area contributed by atoms with Gasteiger partial charge in [0.25, 0.3) is 5.56 Å². The predicted octanol–water partition coefficient (Wildman–Crippen LogP) is 3.38. The monoisotopic (exact) mass is 467 g/mol. The van der Waals surface area contributed by atoms with Gasteiger partial charge in [-0.15, -0.1) is 0 Å². The molecule has 0 unspecified atom stereocenters. The van der Waals surface area contributed by atoms with Gasteiger partial charge < -0.3 is 20.2 Å². The van der Waals surface area contributed by atoms with Crippen molar-refractivity contribution in [3.63, 3.8) is 0 Å². The van der Waals surface area contributed by atoms with Crippen molar-refractivity contribution in [2.75, 3.05) is 45.2 Å². The van der Waals surface area contributed by atoms with E-state index < -0.39 is 0 Å². The number of ether oxygens (including phenoxy) is 2. The fraction of sp³-hybridized carbons (Fsp3) is 0.333. The van der Waals surface area contributed by atoms with Crippen LogP contribution in [0, 0.1) is 0 Å². The summed E-state index contributed by atoms with van der Waals surface area (Å²) in [5, 5.41) is 6.48. The van der Waals surface area contributed by atoms with E-state index in [9.17, 15) is 4.79 Å². The molecule has 172 valence electrons. The fourth-order valence-electron chi connectivity index (χ4n) is 4.29. The van der Waals surface area contributed by atoms with Gasteiger partial charge in [-0.25, -0.2) is 4.68 Å². The van der Waals surface area contributed by atoms with Crippen LogP contribution >= 0.6 is 11.6 Å². The molecule has 8 nitrogen and oxygen atoms in total. The number of nitrogens with two attached hydrogens (primary N) is 1. The molecule has 0 radical (unpaired) electrons. The largest absolute Gasteiger partial charge is 0.492 e. The molecule has 1 fully saturated rings. The van der Waals surface area contributed by atoms with Crippen LogP contribution in [0.1, 0.15) is 12.5 Å². The maximum absolute atomic E-state index is 12.9. The molecule has 0 atom stereocenters. The number of aryl methyl sites for hydroxylation is 1. The van der Waals surface area contributed by atoms with Crippen LogP contribution in [-0.4, -0.2) is 59.1 Å². The highest BCUT2D eigenvalue weighted by molar-refractivity contribution is 6.30. The Balaban J connectivity index is 1.50. The lowest BCUT2D eigenvalue weighted by atomic mass is 10.1. The Morgan fingerprint density at radius 3 is 2.82 bits per heavy atom. The zero-order chi connectivity index (χ0) is 22.9. The normalized spacial score (nSPS) is 14.8. The minimum absolute atomic E-state index is 0.285. The van der Waals surface area contributed by atoms with Gasteiger partial charge in [0.1, 0.15) is 29.1 Å². The first-order valence-corrected chi connectivity index (χ1v) is 11.5. The molecule has 0 aliphatic carbocycles. The summed E-state index contributed by atoms with van der Waals surface area (Å²) in [6, 6.07) is 11.2. The summed E-state index contributed by atoms with van der Waals surface area (Å²) < 4.78 is 12.9. The van der Waals surface area contributed by atoms with Crippen LogP contribution in [0.25, 0.3) is 27.5 Å². The summed E-state index contributed by atoms with van der Waals surface area (Å²) >= 11 is 6.24. The zero-order valence-corrected chi connectivity index (χ0v) is 19.2. The highest BCUT2D eigenvalue weighted by Gasteiger charge is 2.18. The standard InChI is InChI=1S/C24H26ClN5O3/c1-2-15-3-4-16(25)13-20(15)30-23(26)21-22(28-30)18-6-5-17(14-19(18)27-24(21)31)33-12-9-29-7-10-32-11-8-29/h3-6,13-14H,2,7-12,26H2,1H3,(H,27,31). The van der Waals surface area contributed by atoms with Gasteiger partial charge in [-0.2, -0.15) is 5.10 Å². The first-order valence-electron chi connectivity index (χ1n) is 11.1. The van der Waals surface area contributed by atoms with Crippen molar-refractivity contribution in [3.05, 3.63) is 57.3 Å². The van der Waals surface area contributed by atoms with Gasteiger partial charge in [-0.1, -0.05) is 24.6 Å². The molecule has 2 aromatic carbocycles. The highest BCUT2D eigenvalue weighted by atomic mass is 35.5. The number of aromatic nitrogens is 3. The Hall–Kier alpha value is -3.07. The summed E-state index contributed by atoms with van der Waals surface area (Å²) in [7, 11) is 0. The lowest BCUT2D eigenvalue weighted by Crippen LogP contribution is -2.38. The number of fused-ring (bicyclic) bond motifs is 3. The quantitative estimate of drug-likeness (QED) is 0.451. The van der Waals surface area contributed by atoms with Crippen LogP contribution < -0.4 is 16.0 Å². The van der Waals surface area contributed by atoms with E-state index in [0.717, 1.165) is 55.9 Å². The molecule has 1 aliphatic heterocycles.